The Morgan fingerprint density at radius 3 is 2.71 bits per heavy atom. The Balaban J connectivity index is 1.79. The lowest BCUT2D eigenvalue weighted by molar-refractivity contribution is -0.782. The number of aromatic nitrogens is 4. The van der Waals surface area contributed by atoms with Crippen molar-refractivity contribution >= 4 is 21.1 Å². The Hall–Kier alpha value is -3.20. The van der Waals surface area contributed by atoms with Crippen molar-refractivity contribution in [3.63, 3.8) is 0 Å². The van der Waals surface area contributed by atoms with Gasteiger partial charge >= 0.3 is 0 Å². The summed E-state index contributed by atoms with van der Waals surface area (Å²) in [5.74, 6) is 0. The number of hydrogen-bond donors (Lipinski definition) is 0. The second-order valence-corrected chi connectivity index (χ2v) is 6.88. The molecule has 24 heavy (non-hydrogen) atoms. The van der Waals surface area contributed by atoms with E-state index >= 15 is 0 Å². The van der Waals surface area contributed by atoms with Crippen molar-refractivity contribution in [3.8, 4) is 11.3 Å². The topological polar surface area (TPSA) is 105 Å². The normalized spacial score (nSPS) is 11.8. The zero-order chi connectivity index (χ0) is 16.7. The van der Waals surface area contributed by atoms with Crippen molar-refractivity contribution < 1.29 is 17.9 Å². The molecular formula is C15H10N4O4S. The standard InChI is InChI=1S/C15H10N4O4S/c20-19-15-8-12(6-7-13(15)17-23-19)24(21,22)18-9-14(16-10-18)11-4-2-1-3-5-11/h1-10H. The Morgan fingerprint density at radius 1 is 1.12 bits per heavy atom. The van der Waals surface area contributed by atoms with E-state index in [1.165, 1.54) is 30.7 Å². The highest BCUT2D eigenvalue weighted by Gasteiger charge is 2.21. The maximum atomic E-state index is 12.7. The molecule has 0 saturated carbocycles. The van der Waals surface area contributed by atoms with Gasteiger partial charge in [-0.15, -0.1) is 0 Å². The molecule has 0 bridgehead atoms. The number of imidazole rings is 1. The lowest BCUT2D eigenvalue weighted by Gasteiger charge is -2.03. The number of nitrogens with zero attached hydrogens (tertiary/aromatic N) is 4. The summed E-state index contributed by atoms with van der Waals surface area (Å²) in [4.78, 5) is 4.24. The van der Waals surface area contributed by atoms with E-state index in [2.05, 4.69) is 14.8 Å². The predicted molar refractivity (Wildman–Crippen MR) is 83.2 cm³/mol. The SMILES string of the molecule is O=S(=O)(c1ccc2no[n+]([O-])c2c1)n1cnc(-c2ccccc2)c1. The number of hydrogen-bond acceptors (Lipinski definition) is 6. The molecule has 2 aromatic heterocycles. The number of benzene rings is 2. The molecule has 0 aliphatic carbocycles. The van der Waals surface area contributed by atoms with Crippen LogP contribution in [-0.4, -0.2) is 22.5 Å². The van der Waals surface area contributed by atoms with Gasteiger partial charge in [-0.1, -0.05) is 30.3 Å². The van der Waals surface area contributed by atoms with Gasteiger partial charge in [-0.3, -0.25) is 4.63 Å². The van der Waals surface area contributed by atoms with E-state index in [-0.39, 0.29) is 20.8 Å². The first kappa shape index (κ1) is 14.4. The fourth-order valence-corrected chi connectivity index (χ4v) is 3.48. The first-order valence-electron chi connectivity index (χ1n) is 6.90. The Bertz CT molecular complexity index is 1130. The van der Waals surface area contributed by atoms with Gasteiger partial charge in [0.15, 0.2) is 0 Å². The van der Waals surface area contributed by atoms with E-state index in [1.54, 1.807) is 0 Å². The number of rotatable bonds is 3. The molecule has 0 atom stereocenters. The van der Waals surface area contributed by atoms with E-state index in [9.17, 15) is 13.6 Å². The predicted octanol–water partition coefficient (Wildman–Crippen LogP) is 1.56. The maximum absolute atomic E-state index is 12.7. The molecule has 2 aromatic carbocycles. The zero-order valence-electron chi connectivity index (χ0n) is 12.1. The summed E-state index contributed by atoms with van der Waals surface area (Å²) in [6.45, 7) is 0. The molecule has 2 heterocycles. The molecule has 120 valence electrons. The van der Waals surface area contributed by atoms with Crippen molar-refractivity contribution in [2.24, 2.45) is 0 Å². The van der Waals surface area contributed by atoms with Crippen LogP contribution >= 0.6 is 0 Å². The molecular weight excluding hydrogens is 332 g/mol. The summed E-state index contributed by atoms with van der Waals surface area (Å²) in [6, 6.07) is 13.2. The summed E-state index contributed by atoms with van der Waals surface area (Å²) in [6.07, 6.45) is 2.65. The highest BCUT2D eigenvalue weighted by atomic mass is 32.2. The third kappa shape index (κ3) is 2.22. The minimum Gasteiger partial charge on any atom is -0.359 e. The Kier molecular flexibility index (Phi) is 3.10. The fraction of sp³-hybridized carbons (Fsp3) is 0. The molecule has 0 aliphatic rings. The van der Waals surface area contributed by atoms with Crippen LogP contribution in [0.25, 0.3) is 22.3 Å². The van der Waals surface area contributed by atoms with Crippen LogP contribution < -0.4 is 4.90 Å². The van der Waals surface area contributed by atoms with Crippen LogP contribution in [-0.2, 0) is 10.0 Å². The van der Waals surface area contributed by atoms with Gasteiger partial charge in [-0.25, -0.2) is 17.4 Å². The molecule has 0 N–H and O–H groups in total. The zero-order valence-corrected chi connectivity index (χ0v) is 12.9. The molecule has 0 fully saturated rings. The third-order valence-electron chi connectivity index (χ3n) is 3.56. The van der Waals surface area contributed by atoms with E-state index in [1.807, 2.05) is 30.3 Å². The Morgan fingerprint density at radius 2 is 1.92 bits per heavy atom. The van der Waals surface area contributed by atoms with Gasteiger partial charge in [0.25, 0.3) is 10.0 Å². The first-order valence-corrected chi connectivity index (χ1v) is 8.34. The summed E-state index contributed by atoms with van der Waals surface area (Å²) in [5.41, 5.74) is 1.65. The molecule has 0 spiro atoms. The second kappa shape index (κ2) is 5.17. The highest BCUT2D eigenvalue weighted by Crippen LogP contribution is 2.21. The van der Waals surface area contributed by atoms with Gasteiger partial charge in [0, 0.05) is 23.0 Å². The fourth-order valence-electron chi connectivity index (χ4n) is 2.33. The van der Waals surface area contributed by atoms with E-state index in [4.69, 9.17) is 0 Å². The van der Waals surface area contributed by atoms with E-state index in [0.717, 1.165) is 9.54 Å². The van der Waals surface area contributed by atoms with E-state index in [0.29, 0.717) is 5.69 Å². The lowest BCUT2D eigenvalue weighted by atomic mass is 10.2. The van der Waals surface area contributed by atoms with Crippen LogP contribution in [0.3, 0.4) is 0 Å². The molecule has 0 unspecified atom stereocenters. The van der Waals surface area contributed by atoms with Gasteiger partial charge in [-0.2, -0.15) is 0 Å². The van der Waals surface area contributed by atoms with Crippen molar-refractivity contribution in [1.82, 2.24) is 14.1 Å². The van der Waals surface area contributed by atoms with Crippen LogP contribution in [0.4, 0.5) is 0 Å². The highest BCUT2D eigenvalue weighted by molar-refractivity contribution is 7.90. The maximum Gasteiger partial charge on any atom is 0.269 e. The van der Waals surface area contributed by atoms with Crippen molar-refractivity contribution in [3.05, 3.63) is 66.3 Å². The molecule has 0 aliphatic heterocycles. The van der Waals surface area contributed by atoms with Crippen molar-refractivity contribution in [2.45, 2.75) is 4.90 Å². The third-order valence-corrected chi connectivity index (χ3v) is 5.17. The monoisotopic (exact) mass is 342 g/mol. The van der Waals surface area contributed by atoms with Crippen LogP contribution in [0.5, 0.6) is 0 Å². The summed E-state index contributed by atoms with van der Waals surface area (Å²) in [7, 11) is -3.88. The average molecular weight is 342 g/mol. The van der Waals surface area contributed by atoms with Crippen LogP contribution in [0.2, 0.25) is 0 Å². The number of fused-ring (bicyclic) bond motifs is 1. The molecule has 8 nitrogen and oxygen atoms in total. The van der Waals surface area contributed by atoms with Crippen LogP contribution in [0.15, 0.2) is 70.6 Å². The lowest BCUT2D eigenvalue weighted by Crippen LogP contribution is -2.23. The van der Waals surface area contributed by atoms with Crippen LogP contribution in [0.1, 0.15) is 0 Å². The Labute approximate surface area is 136 Å². The van der Waals surface area contributed by atoms with Gasteiger partial charge in [0.2, 0.25) is 11.0 Å². The first-order chi connectivity index (χ1) is 11.6. The van der Waals surface area contributed by atoms with Gasteiger partial charge in [0.1, 0.15) is 6.33 Å². The molecule has 9 heteroatoms. The second-order valence-electron chi connectivity index (χ2n) is 5.04. The quantitative estimate of drug-likeness (QED) is 0.523. The van der Waals surface area contributed by atoms with Crippen molar-refractivity contribution in [2.75, 3.05) is 0 Å². The van der Waals surface area contributed by atoms with Crippen molar-refractivity contribution in [1.29, 1.82) is 0 Å². The smallest absolute Gasteiger partial charge is 0.269 e. The minimum absolute atomic E-state index is 0.0412. The van der Waals surface area contributed by atoms with Gasteiger partial charge < -0.3 is 5.21 Å². The minimum atomic E-state index is -3.88. The molecule has 0 amide bonds. The summed E-state index contributed by atoms with van der Waals surface area (Å²) >= 11 is 0. The largest absolute Gasteiger partial charge is 0.359 e. The summed E-state index contributed by atoms with van der Waals surface area (Å²) in [5, 5.41) is 15.0. The van der Waals surface area contributed by atoms with Gasteiger partial charge in [0.05, 0.1) is 10.6 Å². The molecule has 4 rings (SSSR count). The molecule has 0 saturated heterocycles. The molecule has 4 aromatic rings. The average Bonchev–Trinajstić information content (AvgIpc) is 3.23. The van der Waals surface area contributed by atoms with E-state index < -0.39 is 10.0 Å². The summed E-state index contributed by atoms with van der Waals surface area (Å²) < 4.78 is 30.9. The van der Waals surface area contributed by atoms with Crippen LogP contribution in [0, 0.1) is 5.21 Å². The van der Waals surface area contributed by atoms with Gasteiger partial charge in [-0.05, 0) is 17.0 Å². The molecule has 0 radical (unpaired) electrons.